The van der Waals surface area contributed by atoms with Crippen molar-refractivity contribution in [2.45, 2.75) is 6.42 Å². The Labute approximate surface area is 166 Å². The van der Waals surface area contributed by atoms with Crippen LogP contribution < -0.4 is 9.64 Å². The molecule has 0 aliphatic carbocycles. The fourth-order valence-corrected chi connectivity index (χ4v) is 3.35. The van der Waals surface area contributed by atoms with E-state index in [1.54, 1.807) is 7.11 Å². The molecule has 2 aromatic rings. The maximum Gasteiger partial charge on any atom is 0.242 e. The minimum Gasteiger partial charge on any atom is -0.497 e. The van der Waals surface area contributed by atoms with Crippen LogP contribution in [0.5, 0.6) is 5.75 Å². The Kier molecular flexibility index (Phi) is 6.53. The lowest BCUT2D eigenvalue weighted by atomic mass is 10.1. The molecule has 6 heteroatoms. The number of amides is 2. The van der Waals surface area contributed by atoms with Gasteiger partial charge in [0.25, 0.3) is 0 Å². The minimum absolute atomic E-state index is 0.0850. The summed E-state index contributed by atoms with van der Waals surface area (Å²) in [6.45, 7) is 2.63. The first-order valence-electron chi connectivity index (χ1n) is 9.51. The molecule has 1 fully saturated rings. The lowest BCUT2D eigenvalue weighted by Crippen LogP contribution is -2.52. The summed E-state index contributed by atoms with van der Waals surface area (Å²) in [5, 5.41) is 0. The van der Waals surface area contributed by atoms with E-state index in [4.69, 9.17) is 4.74 Å². The number of benzene rings is 2. The predicted octanol–water partition coefficient (Wildman–Crippen LogP) is 2.04. The molecule has 148 valence electrons. The van der Waals surface area contributed by atoms with Crippen LogP contribution in [0.4, 0.5) is 5.69 Å². The summed E-state index contributed by atoms with van der Waals surface area (Å²) in [7, 11) is 3.54. The third kappa shape index (κ3) is 5.03. The molecule has 28 heavy (non-hydrogen) atoms. The van der Waals surface area contributed by atoms with Crippen LogP contribution in [0.15, 0.2) is 54.6 Å². The summed E-state index contributed by atoms with van der Waals surface area (Å²) in [6, 6.07) is 17.4. The summed E-state index contributed by atoms with van der Waals surface area (Å²) in [4.78, 5) is 30.8. The van der Waals surface area contributed by atoms with Gasteiger partial charge in [-0.1, -0.05) is 30.3 Å². The maximum absolute atomic E-state index is 12.6. The normalized spacial score (nSPS) is 13.9. The molecule has 0 saturated carbocycles. The van der Waals surface area contributed by atoms with Gasteiger partial charge in [-0.25, -0.2) is 0 Å². The molecule has 6 nitrogen and oxygen atoms in total. The zero-order chi connectivity index (χ0) is 19.9. The third-order valence-electron chi connectivity index (χ3n) is 5.04. The molecule has 2 aromatic carbocycles. The van der Waals surface area contributed by atoms with Gasteiger partial charge in [-0.15, -0.1) is 0 Å². The molecule has 1 heterocycles. The van der Waals surface area contributed by atoms with Crippen molar-refractivity contribution in [3.63, 3.8) is 0 Å². The molecule has 0 N–H and O–H groups in total. The van der Waals surface area contributed by atoms with Crippen molar-refractivity contribution in [3.8, 4) is 5.75 Å². The highest BCUT2D eigenvalue weighted by Gasteiger charge is 2.24. The number of piperazine rings is 1. The number of likely N-dealkylation sites (N-methyl/N-ethyl adjacent to an activating group) is 1. The molecular formula is C22H27N3O3. The van der Waals surface area contributed by atoms with Gasteiger partial charge in [0.15, 0.2) is 0 Å². The second-order valence-electron chi connectivity index (χ2n) is 6.98. The van der Waals surface area contributed by atoms with Crippen LogP contribution >= 0.6 is 0 Å². The number of ether oxygens (including phenoxy) is 1. The Bertz CT molecular complexity index is 802. The lowest BCUT2D eigenvalue weighted by Gasteiger charge is -2.35. The van der Waals surface area contributed by atoms with Crippen LogP contribution in [0.3, 0.4) is 0 Å². The average Bonchev–Trinajstić information content (AvgIpc) is 2.74. The Morgan fingerprint density at radius 2 is 1.57 bits per heavy atom. The molecule has 0 radical (unpaired) electrons. The van der Waals surface area contributed by atoms with Crippen molar-refractivity contribution in [2.24, 2.45) is 0 Å². The molecule has 0 atom stereocenters. The summed E-state index contributed by atoms with van der Waals surface area (Å²) in [5.41, 5.74) is 1.95. The average molecular weight is 381 g/mol. The molecule has 1 aliphatic heterocycles. The third-order valence-corrected chi connectivity index (χ3v) is 5.04. The summed E-state index contributed by atoms with van der Waals surface area (Å²) in [6.07, 6.45) is 0.349. The largest absolute Gasteiger partial charge is 0.497 e. The monoisotopic (exact) mass is 381 g/mol. The van der Waals surface area contributed by atoms with Crippen LogP contribution in [-0.2, 0) is 16.0 Å². The van der Waals surface area contributed by atoms with Gasteiger partial charge in [-0.2, -0.15) is 0 Å². The topological polar surface area (TPSA) is 53.1 Å². The molecule has 2 amide bonds. The van der Waals surface area contributed by atoms with Crippen molar-refractivity contribution in [2.75, 3.05) is 51.8 Å². The van der Waals surface area contributed by atoms with Gasteiger partial charge in [-0.05, 0) is 29.8 Å². The van der Waals surface area contributed by atoms with E-state index < -0.39 is 0 Å². The van der Waals surface area contributed by atoms with Crippen molar-refractivity contribution < 1.29 is 14.3 Å². The first-order chi connectivity index (χ1) is 13.6. The number of hydrogen-bond donors (Lipinski definition) is 0. The van der Waals surface area contributed by atoms with Gasteiger partial charge in [0, 0.05) is 38.9 Å². The van der Waals surface area contributed by atoms with E-state index in [1.165, 1.54) is 0 Å². The van der Waals surface area contributed by atoms with Crippen LogP contribution in [0.1, 0.15) is 5.56 Å². The molecule has 0 unspecified atom stereocenters. The van der Waals surface area contributed by atoms with Crippen molar-refractivity contribution in [1.82, 2.24) is 9.80 Å². The van der Waals surface area contributed by atoms with Gasteiger partial charge >= 0.3 is 0 Å². The van der Waals surface area contributed by atoms with Crippen LogP contribution in [0, 0.1) is 0 Å². The number of methoxy groups -OCH3 is 1. The number of nitrogens with zero attached hydrogens (tertiary/aromatic N) is 3. The molecule has 1 aliphatic rings. The van der Waals surface area contributed by atoms with Crippen LogP contribution in [-0.4, -0.2) is 68.5 Å². The zero-order valence-corrected chi connectivity index (χ0v) is 16.5. The molecule has 1 saturated heterocycles. The number of carbonyl (C=O) groups is 2. The van der Waals surface area contributed by atoms with E-state index >= 15 is 0 Å². The number of anilines is 1. The molecule has 0 spiro atoms. The minimum atomic E-state index is 0.0850. The van der Waals surface area contributed by atoms with Gasteiger partial charge < -0.3 is 19.4 Å². The Morgan fingerprint density at radius 1 is 0.929 bits per heavy atom. The highest BCUT2D eigenvalue weighted by molar-refractivity contribution is 5.82. The van der Waals surface area contributed by atoms with E-state index in [9.17, 15) is 9.59 Å². The van der Waals surface area contributed by atoms with E-state index in [2.05, 4.69) is 0 Å². The van der Waals surface area contributed by atoms with Gasteiger partial charge in [0.05, 0.1) is 20.1 Å². The molecule has 3 rings (SSSR count). The first kappa shape index (κ1) is 19.7. The zero-order valence-electron chi connectivity index (χ0n) is 16.5. The van der Waals surface area contributed by atoms with E-state index in [-0.39, 0.29) is 11.8 Å². The van der Waals surface area contributed by atoms with E-state index in [0.29, 0.717) is 39.1 Å². The predicted molar refractivity (Wildman–Crippen MR) is 110 cm³/mol. The highest BCUT2D eigenvalue weighted by Crippen LogP contribution is 2.15. The van der Waals surface area contributed by atoms with Crippen molar-refractivity contribution in [3.05, 3.63) is 60.2 Å². The van der Waals surface area contributed by atoms with Crippen molar-refractivity contribution in [1.29, 1.82) is 0 Å². The molecule has 0 aromatic heterocycles. The number of hydrogen-bond acceptors (Lipinski definition) is 4. The molecular weight excluding hydrogens is 354 g/mol. The summed E-state index contributed by atoms with van der Waals surface area (Å²) in [5.74, 6) is 0.927. The Balaban J connectivity index is 1.48. The van der Waals surface area contributed by atoms with Crippen molar-refractivity contribution >= 4 is 17.5 Å². The van der Waals surface area contributed by atoms with Gasteiger partial charge in [0.2, 0.25) is 11.8 Å². The fraction of sp³-hybridized carbons (Fsp3) is 0.364. The lowest BCUT2D eigenvalue weighted by molar-refractivity contribution is -0.138. The Morgan fingerprint density at radius 3 is 2.21 bits per heavy atom. The standard InChI is InChI=1S/C22H27N3O3/c1-23(19-8-4-3-5-9-19)17-22(27)25-13-11-24(12-14-25)21(26)16-18-7-6-10-20(15-18)28-2/h3-10,15H,11-14,16-17H2,1-2H3. The molecule has 0 bridgehead atoms. The maximum atomic E-state index is 12.6. The van der Waals surface area contributed by atoms with Gasteiger partial charge in [0.1, 0.15) is 5.75 Å². The fourth-order valence-electron chi connectivity index (χ4n) is 3.35. The number of para-hydroxylation sites is 1. The smallest absolute Gasteiger partial charge is 0.242 e. The Hall–Kier alpha value is -3.02. The number of rotatable bonds is 6. The second-order valence-corrected chi connectivity index (χ2v) is 6.98. The summed E-state index contributed by atoms with van der Waals surface area (Å²) < 4.78 is 5.21. The van der Waals surface area contributed by atoms with E-state index in [0.717, 1.165) is 17.0 Å². The first-order valence-corrected chi connectivity index (χ1v) is 9.51. The number of carbonyl (C=O) groups excluding carboxylic acids is 2. The SMILES string of the molecule is COc1cccc(CC(=O)N2CCN(C(=O)CN(C)c3ccccc3)CC2)c1. The highest BCUT2D eigenvalue weighted by atomic mass is 16.5. The van der Waals surface area contributed by atoms with Gasteiger partial charge in [-0.3, -0.25) is 9.59 Å². The quantitative estimate of drug-likeness (QED) is 0.769. The second kappa shape index (κ2) is 9.26. The van der Waals surface area contributed by atoms with Crippen LogP contribution in [0.2, 0.25) is 0 Å². The van der Waals surface area contributed by atoms with Crippen LogP contribution in [0.25, 0.3) is 0 Å². The summed E-state index contributed by atoms with van der Waals surface area (Å²) >= 11 is 0. The van der Waals surface area contributed by atoms with E-state index in [1.807, 2.05) is 76.3 Å².